The zero-order valence-corrected chi connectivity index (χ0v) is 14.9. The molecule has 2 aromatic rings. The molecule has 3 nitrogen and oxygen atoms in total. The molecule has 2 aromatic carbocycles. The summed E-state index contributed by atoms with van der Waals surface area (Å²) >= 11 is 0. The van der Waals surface area contributed by atoms with Crippen molar-refractivity contribution in [2.75, 3.05) is 6.54 Å². The van der Waals surface area contributed by atoms with E-state index in [-0.39, 0.29) is 11.9 Å². The minimum atomic E-state index is -3.57. The SMILES string of the molecule is O=S(=O)(c1ccc2c(c1)CCCC2)N1CCCC1c1cccc(F)c1. The van der Waals surface area contributed by atoms with Crippen LogP contribution in [0.15, 0.2) is 47.4 Å². The first kappa shape index (κ1) is 16.7. The number of fused-ring (bicyclic) bond motifs is 1. The largest absolute Gasteiger partial charge is 0.243 e. The third-order valence-electron chi connectivity index (χ3n) is 5.36. The minimum Gasteiger partial charge on any atom is -0.207 e. The molecule has 1 aliphatic heterocycles. The van der Waals surface area contributed by atoms with E-state index in [0.717, 1.165) is 43.2 Å². The highest BCUT2D eigenvalue weighted by atomic mass is 32.2. The van der Waals surface area contributed by atoms with E-state index >= 15 is 0 Å². The highest BCUT2D eigenvalue weighted by molar-refractivity contribution is 7.89. The van der Waals surface area contributed by atoms with Gasteiger partial charge in [-0.2, -0.15) is 4.31 Å². The van der Waals surface area contributed by atoms with E-state index in [1.165, 1.54) is 24.1 Å². The number of hydrogen-bond acceptors (Lipinski definition) is 2. The molecular weight excluding hydrogens is 337 g/mol. The Morgan fingerprint density at radius 2 is 1.76 bits per heavy atom. The highest BCUT2D eigenvalue weighted by Gasteiger charge is 2.36. The zero-order chi connectivity index (χ0) is 17.4. The Bertz CT molecular complexity index is 894. The number of sulfonamides is 1. The number of nitrogens with zero attached hydrogens (tertiary/aromatic N) is 1. The van der Waals surface area contributed by atoms with Gasteiger partial charge in [0, 0.05) is 6.54 Å². The molecule has 0 bridgehead atoms. The van der Waals surface area contributed by atoms with Crippen LogP contribution < -0.4 is 0 Å². The summed E-state index contributed by atoms with van der Waals surface area (Å²) in [6, 6.07) is 11.6. The summed E-state index contributed by atoms with van der Waals surface area (Å²) in [6.45, 7) is 0.487. The van der Waals surface area contributed by atoms with Crippen molar-refractivity contribution >= 4 is 10.0 Å². The van der Waals surface area contributed by atoms with Gasteiger partial charge in [-0.3, -0.25) is 0 Å². The summed E-state index contributed by atoms with van der Waals surface area (Å²) in [4.78, 5) is 0.372. The highest BCUT2D eigenvalue weighted by Crippen LogP contribution is 2.37. The summed E-state index contributed by atoms with van der Waals surface area (Å²) in [7, 11) is -3.57. The molecule has 5 heteroatoms. The smallest absolute Gasteiger partial charge is 0.207 e. The van der Waals surface area contributed by atoms with Crippen LogP contribution in [0.3, 0.4) is 0 Å². The van der Waals surface area contributed by atoms with Gasteiger partial charge < -0.3 is 0 Å². The molecule has 0 saturated carbocycles. The molecule has 0 amide bonds. The molecule has 0 spiro atoms. The lowest BCUT2D eigenvalue weighted by atomic mass is 9.92. The van der Waals surface area contributed by atoms with Gasteiger partial charge in [-0.15, -0.1) is 0 Å². The monoisotopic (exact) mass is 359 g/mol. The fraction of sp³-hybridized carbons (Fsp3) is 0.400. The van der Waals surface area contributed by atoms with Crippen molar-refractivity contribution in [1.29, 1.82) is 0 Å². The van der Waals surface area contributed by atoms with Crippen molar-refractivity contribution in [2.45, 2.75) is 49.5 Å². The predicted molar refractivity (Wildman–Crippen MR) is 95.4 cm³/mol. The Labute approximate surface area is 148 Å². The third-order valence-corrected chi connectivity index (χ3v) is 7.27. The first-order valence-corrected chi connectivity index (χ1v) is 10.4. The second kappa shape index (κ2) is 6.54. The van der Waals surface area contributed by atoms with Crippen LogP contribution in [-0.4, -0.2) is 19.3 Å². The topological polar surface area (TPSA) is 37.4 Å². The van der Waals surface area contributed by atoms with Crippen LogP contribution >= 0.6 is 0 Å². The third kappa shape index (κ3) is 3.11. The zero-order valence-electron chi connectivity index (χ0n) is 14.1. The van der Waals surface area contributed by atoms with Crippen molar-refractivity contribution in [3.05, 3.63) is 65.0 Å². The quantitative estimate of drug-likeness (QED) is 0.822. The van der Waals surface area contributed by atoms with Crippen molar-refractivity contribution in [1.82, 2.24) is 4.31 Å². The lowest BCUT2D eigenvalue weighted by Crippen LogP contribution is -2.31. The molecule has 1 fully saturated rings. The number of halogens is 1. The Morgan fingerprint density at radius 3 is 2.56 bits per heavy atom. The molecule has 2 aliphatic rings. The molecule has 0 aromatic heterocycles. The summed E-state index contributed by atoms with van der Waals surface area (Å²) in [5, 5.41) is 0. The summed E-state index contributed by atoms with van der Waals surface area (Å²) < 4.78 is 41.6. The average Bonchev–Trinajstić information content (AvgIpc) is 3.12. The molecule has 1 aliphatic carbocycles. The number of rotatable bonds is 3. The second-order valence-electron chi connectivity index (χ2n) is 6.97. The first-order chi connectivity index (χ1) is 12.1. The van der Waals surface area contributed by atoms with Crippen molar-refractivity contribution in [3.8, 4) is 0 Å². The number of aryl methyl sites for hydroxylation is 2. The van der Waals surface area contributed by atoms with Gasteiger partial charge in [-0.1, -0.05) is 18.2 Å². The van der Waals surface area contributed by atoms with Gasteiger partial charge in [0.1, 0.15) is 5.82 Å². The molecule has 132 valence electrons. The van der Waals surface area contributed by atoms with Gasteiger partial charge in [0.2, 0.25) is 10.0 Å². The van der Waals surface area contributed by atoms with Gasteiger partial charge in [-0.05, 0) is 79.5 Å². The summed E-state index contributed by atoms with van der Waals surface area (Å²) in [5.74, 6) is -0.324. The maximum Gasteiger partial charge on any atom is 0.243 e. The first-order valence-electron chi connectivity index (χ1n) is 8.95. The Hall–Kier alpha value is -1.72. The normalized spacial score (nSPS) is 21.2. The van der Waals surface area contributed by atoms with E-state index in [1.54, 1.807) is 16.4 Å². The molecule has 1 heterocycles. The van der Waals surface area contributed by atoms with Gasteiger partial charge in [0.15, 0.2) is 0 Å². The Morgan fingerprint density at radius 1 is 0.960 bits per heavy atom. The lowest BCUT2D eigenvalue weighted by molar-refractivity contribution is 0.395. The van der Waals surface area contributed by atoms with Crippen LogP contribution in [0.5, 0.6) is 0 Å². The average molecular weight is 359 g/mol. The van der Waals surface area contributed by atoms with Gasteiger partial charge >= 0.3 is 0 Å². The van der Waals surface area contributed by atoms with E-state index in [2.05, 4.69) is 0 Å². The van der Waals surface area contributed by atoms with Gasteiger partial charge in [-0.25, -0.2) is 12.8 Å². The molecule has 4 rings (SSSR count). The molecular formula is C20H22FNO2S. The molecule has 25 heavy (non-hydrogen) atoms. The Balaban J connectivity index is 1.69. The van der Waals surface area contributed by atoms with Crippen molar-refractivity contribution in [3.63, 3.8) is 0 Å². The Kier molecular flexibility index (Phi) is 4.38. The molecule has 0 N–H and O–H groups in total. The second-order valence-corrected chi connectivity index (χ2v) is 8.86. The van der Waals surface area contributed by atoms with E-state index in [4.69, 9.17) is 0 Å². The summed E-state index contributed by atoms with van der Waals surface area (Å²) in [6.07, 6.45) is 5.80. The van der Waals surface area contributed by atoms with Crippen LogP contribution in [0.4, 0.5) is 4.39 Å². The fourth-order valence-electron chi connectivity index (χ4n) is 4.08. The summed E-state index contributed by atoms with van der Waals surface area (Å²) in [5.41, 5.74) is 3.17. The fourth-order valence-corrected chi connectivity index (χ4v) is 5.81. The standard InChI is InChI=1S/C20H22FNO2S/c21-18-8-3-7-17(13-18)20-9-4-12-22(20)25(23,24)19-11-10-15-5-1-2-6-16(15)14-19/h3,7-8,10-11,13-14,20H,1-2,4-6,9,12H2. The van der Waals surface area contributed by atoms with E-state index in [0.29, 0.717) is 11.4 Å². The number of hydrogen-bond donors (Lipinski definition) is 0. The van der Waals surface area contributed by atoms with Crippen LogP contribution in [0, 0.1) is 5.82 Å². The van der Waals surface area contributed by atoms with E-state index in [9.17, 15) is 12.8 Å². The van der Waals surface area contributed by atoms with Gasteiger partial charge in [0.25, 0.3) is 0 Å². The van der Waals surface area contributed by atoms with Crippen LogP contribution in [-0.2, 0) is 22.9 Å². The predicted octanol–water partition coefficient (Wildman–Crippen LogP) is 4.23. The van der Waals surface area contributed by atoms with Crippen LogP contribution in [0.2, 0.25) is 0 Å². The molecule has 1 atom stereocenters. The van der Waals surface area contributed by atoms with Crippen molar-refractivity contribution < 1.29 is 12.8 Å². The van der Waals surface area contributed by atoms with Crippen LogP contribution in [0.25, 0.3) is 0 Å². The lowest BCUT2D eigenvalue weighted by Gasteiger charge is -2.25. The van der Waals surface area contributed by atoms with Crippen molar-refractivity contribution in [2.24, 2.45) is 0 Å². The van der Waals surface area contributed by atoms with Crippen LogP contribution in [0.1, 0.15) is 48.4 Å². The molecule has 0 radical (unpaired) electrons. The maximum atomic E-state index is 13.6. The minimum absolute atomic E-state index is 0.281. The molecule has 1 saturated heterocycles. The van der Waals surface area contributed by atoms with E-state index < -0.39 is 10.0 Å². The number of benzene rings is 2. The van der Waals surface area contributed by atoms with Gasteiger partial charge in [0.05, 0.1) is 10.9 Å². The maximum absolute atomic E-state index is 13.6. The van der Waals surface area contributed by atoms with E-state index in [1.807, 2.05) is 18.2 Å². The molecule has 1 unspecified atom stereocenters.